The van der Waals surface area contributed by atoms with Gasteiger partial charge in [-0.2, -0.15) is 0 Å². The van der Waals surface area contributed by atoms with Crippen LogP contribution in [0.1, 0.15) is 11.1 Å². The van der Waals surface area contributed by atoms with Gasteiger partial charge in [0.2, 0.25) is 0 Å². The predicted octanol–water partition coefficient (Wildman–Crippen LogP) is 4.04. The molecule has 6 nitrogen and oxygen atoms in total. The molecule has 28 heavy (non-hydrogen) atoms. The van der Waals surface area contributed by atoms with Gasteiger partial charge in [-0.3, -0.25) is 4.79 Å². The minimum atomic E-state index is -0.473. The van der Waals surface area contributed by atoms with Crippen LogP contribution in [0.2, 0.25) is 0 Å². The molecule has 0 aliphatic rings. The zero-order valence-corrected chi connectivity index (χ0v) is 15.4. The Morgan fingerprint density at radius 1 is 1.04 bits per heavy atom. The summed E-state index contributed by atoms with van der Waals surface area (Å²) < 4.78 is 10.9. The number of benzene rings is 2. The SMILES string of the molecule is C=CCc1c(O)c(CC=C)c2oc(-c3ccc(OC)c(O)c3)cc(=O)c2c1O. The summed E-state index contributed by atoms with van der Waals surface area (Å²) in [5, 5.41) is 31.2. The number of phenols is 3. The Balaban J connectivity index is 2.36. The van der Waals surface area contributed by atoms with Gasteiger partial charge in [-0.1, -0.05) is 12.2 Å². The van der Waals surface area contributed by atoms with Crippen LogP contribution in [-0.4, -0.2) is 22.4 Å². The first-order valence-corrected chi connectivity index (χ1v) is 8.55. The quantitative estimate of drug-likeness (QED) is 0.558. The van der Waals surface area contributed by atoms with E-state index in [2.05, 4.69) is 13.2 Å². The second kappa shape index (κ2) is 7.52. The Morgan fingerprint density at radius 2 is 1.71 bits per heavy atom. The molecule has 0 aliphatic carbocycles. The van der Waals surface area contributed by atoms with Crippen molar-refractivity contribution in [2.24, 2.45) is 0 Å². The van der Waals surface area contributed by atoms with Crippen molar-refractivity contribution in [2.75, 3.05) is 7.11 Å². The molecule has 0 bridgehead atoms. The van der Waals surface area contributed by atoms with E-state index in [9.17, 15) is 20.1 Å². The molecule has 0 radical (unpaired) electrons. The lowest BCUT2D eigenvalue weighted by molar-refractivity contribution is 0.373. The molecule has 0 amide bonds. The molecule has 0 atom stereocenters. The van der Waals surface area contributed by atoms with Crippen molar-refractivity contribution in [3.8, 4) is 34.3 Å². The number of rotatable bonds is 6. The zero-order valence-electron chi connectivity index (χ0n) is 15.4. The second-order valence-corrected chi connectivity index (χ2v) is 6.21. The maximum atomic E-state index is 12.8. The highest BCUT2D eigenvalue weighted by Gasteiger charge is 2.22. The molecule has 144 valence electrons. The predicted molar refractivity (Wildman–Crippen MR) is 107 cm³/mol. The first kappa shape index (κ1) is 19.1. The lowest BCUT2D eigenvalue weighted by Gasteiger charge is -2.14. The molecular weight excluding hydrogens is 360 g/mol. The number of ether oxygens (including phenoxy) is 1. The van der Waals surface area contributed by atoms with Crippen LogP contribution >= 0.6 is 0 Å². The highest BCUT2D eigenvalue weighted by Crippen LogP contribution is 2.41. The van der Waals surface area contributed by atoms with Crippen LogP contribution in [0.5, 0.6) is 23.0 Å². The van der Waals surface area contributed by atoms with Gasteiger partial charge in [0.1, 0.15) is 28.2 Å². The summed E-state index contributed by atoms with van der Waals surface area (Å²) in [6, 6.07) is 5.81. The molecule has 3 rings (SSSR count). The fraction of sp³-hybridized carbons (Fsp3) is 0.136. The van der Waals surface area contributed by atoms with E-state index in [1.807, 2.05) is 0 Å². The van der Waals surface area contributed by atoms with E-state index in [1.54, 1.807) is 18.2 Å². The Morgan fingerprint density at radius 3 is 2.32 bits per heavy atom. The van der Waals surface area contributed by atoms with Crippen LogP contribution in [0.25, 0.3) is 22.3 Å². The molecule has 0 unspecified atom stereocenters. The standard InChI is InChI=1S/C22H20O6/c1-4-6-13-20(25)14(7-5-2)22-19(21(13)26)16(24)11-18(28-22)12-8-9-17(27-3)15(23)10-12/h4-5,8-11,23,25-26H,1-2,6-7H2,3H3. The van der Waals surface area contributed by atoms with Gasteiger partial charge in [0.15, 0.2) is 16.9 Å². The van der Waals surface area contributed by atoms with Gasteiger partial charge in [-0.15, -0.1) is 13.2 Å². The number of hydrogen-bond donors (Lipinski definition) is 3. The lowest BCUT2D eigenvalue weighted by Crippen LogP contribution is -2.05. The average molecular weight is 380 g/mol. The summed E-state index contributed by atoms with van der Waals surface area (Å²) in [5.41, 5.74) is 0.592. The van der Waals surface area contributed by atoms with Crippen LogP contribution < -0.4 is 10.2 Å². The van der Waals surface area contributed by atoms with Gasteiger partial charge >= 0.3 is 0 Å². The molecular formula is C22H20O6. The summed E-state index contributed by atoms with van der Waals surface area (Å²) in [6.07, 6.45) is 3.50. The monoisotopic (exact) mass is 380 g/mol. The Kier molecular flexibility index (Phi) is 5.13. The van der Waals surface area contributed by atoms with Crippen molar-refractivity contribution in [3.05, 3.63) is 70.9 Å². The molecule has 3 aromatic rings. The van der Waals surface area contributed by atoms with Crippen molar-refractivity contribution >= 4 is 11.0 Å². The highest BCUT2D eigenvalue weighted by atomic mass is 16.5. The van der Waals surface area contributed by atoms with Crippen LogP contribution in [0.15, 0.2) is 58.8 Å². The second-order valence-electron chi connectivity index (χ2n) is 6.21. The molecule has 3 N–H and O–H groups in total. The zero-order chi connectivity index (χ0) is 20.4. The van der Waals surface area contributed by atoms with E-state index < -0.39 is 5.43 Å². The Labute approximate surface area is 161 Å². The van der Waals surface area contributed by atoms with E-state index in [4.69, 9.17) is 9.15 Å². The first-order chi connectivity index (χ1) is 13.4. The molecule has 1 aromatic heterocycles. The number of phenolic OH excluding ortho intramolecular Hbond substituents is 3. The van der Waals surface area contributed by atoms with Crippen LogP contribution in [-0.2, 0) is 12.8 Å². The average Bonchev–Trinajstić information content (AvgIpc) is 2.67. The maximum absolute atomic E-state index is 12.8. The van der Waals surface area contributed by atoms with E-state index >= 15 is 0 Å². The van der Waals surface area contributed by atoms with E-state index in [0.717, 1.165) is 0 Å². The third-order valence-corrected chi connectivity index (χ3v) is 4.48. The largest absolute Gasteiger partial charge is 0.507 e. The molecule has 0 saturated carbocycles. The summed E-state index contributed by atoms with van der Waals surface area (Å²) in [6.45, 7) is 7.29. The summed E-state index contributed by atoms with van der Waals surface area (Å²) >= 11 is 0. The number of fused-ring (bicyclic) bond motifs is 1. The number of aromatic hydroxyl groups is 3. The van der Waals surface area contributed by atoms with Crippen molar-refractivity contribution < 1.29 is 24.5 Å². The van der Waals surface area contributed by atoms with Gasteiger partial charge in [0.25, 0.3) is 0 Å². The molecule has 0 fully saturated rings. The fourth-order valence-corrected chi connectivity index (χ4v) is 3.14. The van der Waals surface area contributed by atoms with Gasteiger partial charge < -0.3 is 24.5 Å². The van der Waals surface area contributed by atoms with Crippen LogP contribution in [0.4, 0.5) is 0 Å². The summed E-state index contributed by atoms with van der Waals surface area (Å²) in [4.78, 5) is 12.8. The van der Waals surface area contributed by atoms with Crippen molar-refractivity contribution in [1.29, 1.82) is 0 Å². The summed E-state index contributed by atoms with van der Waals surface area (Å²) in [5.74, 6) is -0.151. The lowest BCUT2D eigenvalue weighted by atomic mass is 9.97. The van der Waals surface area contributed by atoms with Crippen molar-refractivity contribution in [2.45, 2.75) is 12.8 Å². The molecule has 6 heteroatoms. The third kappa shape index (κ3) is 3.09. The van der Waals surface area contributed by atoms with E-state index in [-0.39, 0.29) is 58.1 Å². The maximum Gasteiger partial charge on any atom is 0.197 e. The number of methoxy groups -OCH3 is 1. The van der Waals surface area contributed by atoms with Crippen molar-refractivity contribution in [3.63, 3.8) is 0 Å². The molecule has 0 saturated heterocycles. The van der Waals surface area contributed by atoms with E-state index in [0.29, 0.717) is 11.1 Å². The molecule has 0 aliphatic heterocycles. The topological polar surface area (TPSA) is 100 Å². The van der Waals surface area contributed by atoms with Gasteiger partial charge in [0, 0.05) is 22.8 Å². The molecule has 1 heterocycles. The van der Waals surface area contributed by atoms with Crippen LogP contribution in [0, 0.1) is 0 Å². The normalized spacial score (nSPS) is 10.8. The smallest absolute Gasteiger partial charge is 0.197 e. The molecule has 2 aromatic carbocycles. The number of allylic oxidation sites excluding steroid dienone is 2. The fourth-order valence-electron chi connectivity index (χ4n) is 3.14. The minimum absolute atomic E-state index is 0.0204. The third-order valence-electron chi connectivity index (χ3n) is 4.48. The van der Waals surface area contributed by atoms with Gasteiger partial charge in [0.05, 0.1) is 7.11 Å². The highest BCUT2D eigenvalue weighted by molar-refractivity contribution is 5.91. The first-order valence-electron chi connectivity index (χ1n) is 8.55. The Bertz CT molecular complexity index is 1140. The van der Waals surface area contributed by atoms with Crippen LogP contribution in [0.3, 0.4) is 0 Å². The minimum Gasteiger partial charge on any atom is -0.507 e. The molecule has 0 spiro atoms. The van der Waals surface area contributed by atoms with Gasteiger partial charge in [-0.05, 0) is 31.0 Å². The van der Waals surface area contributed by atoms with Gasteiger partial charge in [-0.25, -0.2) is 0 Å². The van der Waals surface area contributed by atoms with E-state index in [1.165, 1.54) is 25.3 Å². The number of hydrogen-bond acceptors (Lipinski definition) is 6. The summed E-state index contributed by atoms with van der Waals surface area (Å²) in [7, 11) is 1.43. The van der Waals surface area contributed by atoms with Crippen molar-refractivity contribution in [1.82, 2.24) is 0 Å². The Hall–Kier alpha value is -3.67.